The summed E-state index contributed by atoms with van der Waals surface area (Å²) in [6.07, 6.45) is 0.628. The molecule has 0 aliphatic heterocycles. The van der Waals surface area contributed by atoms with E-state index in [-0.39, 0.29) is 22.0 Å². The third kappa shape index (κ3) is 4.75. The van der Waals surface area contributed by atoms with Gasteiger partial charge in [-0.2, -0.15) is 0 Å². The summed E-state index contributed by atoms with van der Waals surface area (Å²) in [7, 11) is -3.81. The normalized spacial score (nSPS) is 11.5. The zero-order valence-electron chi connectivity index (χ0n) is 11.0. The number of hydrogen-bond donors (Lipinski definition) is 3. The smallest absolute Gasteiger partial charge is 0.335 e. The summed E-state index contributed by atoms with van der Waals surface area (Å²) in [6.45, 7) is 3.73. The van der Waals surface area contributed by atoms with E-state index in [1.54, 1.807) is 0 Å². The monoisotopic (exact) mass is 320 g/mol. The molecule has 0 bridgehead atoms. The minimum Gasteiger partial charge on any atom is -0.478 e. The van der Waals surface area contributed by atoms with Gasteiger partial charge in [-0.25, -0.2) is 17.9 Å². The van der Waals surface area contributed by atoms with Gasteiger partial charge in [0, 0.05) is 6.54 Å². The number of hydrogen-bond acceptors (Lipinski definition) is 4. The fourth-order valence-corrected chi connectivity index (χ4v) is 3.11. The largest absolute Gasteiger partial charge is 0.478 e. The molecular formula is C12H17ClN2O4S. The molecule has 6 nitrogen and oxygen atoms in total. The molecule has 0 saturated heterocycles. The lowest BCUT2D eigenvalue weighted by molar-refractivity contribution is 0.0696. The first-order chi connectivity index (χ1) is 9.38. The summed E-state index contributed by atoms with van der Waals surface area (Å²) in [5, 5.41) is 11.9. The summed E-state index contributed by atoms with van der Waals surface area (Å²) in [4.78, 5) is 10.6. The first-order valence-corrected chi connectivity index (χ1v) is 7.98. The van der Waals surface area contributed by atoms with Crippen molar-refractivity contribution in [1.82, 2.24) is 10.0 Å². The molecule has 0 unspecified atom stereocenters. The molecule has 0 heterocycles. The lowest BCUT2D eigenvalue weighted by Gasteiger charge is -2.09. The van der Waals surface area contributed by atoms with Crippen LogP contribution < -0.4 is 10.0 Å². The Bertz CT molecular complexity index is 575. The number of nitrogens with one attached hydrogen (secondary N) is 2. The standard InChI is InChI=1S/C12H17ClN2O4S/c1-2-14-6-3-7-15-20(18,19)11-8-9(12(16)17)4-5-10(11)13/h4-5,8,14-15H,2-3,6-7H2,1H3,(H,16,17). The van der Waals surface area contributed by atoms with Gasteiger partial charge < -0.3 is 10.4 Å². The molecule has 0 atom stereocenters. The number of carboxylic acid groups (broad SMARTS) is 1. The van der Waals surface area contributed by atoms with Gasteiger partial charge >= 0.3 is 5.97 Å². The molecule has 0 aromatic heterocycles. The van der Waals surface area contributed by atoms with E-state index in [1.165, 1.54) is 12.1 Å². The maximum absolute atomic E-state index is 12.1. The van der Waals surface area contributed by atoms with Crippen molar-refractivity contribution in [2.45, 2.75) is 18.2 Å². The number of carboxylic acids is 1. The van der Waals surface area contributed by atoms with Crippen LogP contribution in [0.3, 0.4) is 0 Å². The molecule has 1 aromatic carbocycles. The minimum atomic E-state index is -3.81. The summed E-state index contributed by atoms with van der Waals surface area (Å²) in [5.74, 6) is -1.20. The van der Waals surface area contributed by atoms with Crippen LogP contribution in [0, 0.1) is 0 Å². The number of sulfonamides is 1. The maximum atomic E-state index is 12.1. The third-order valence-corrected chi connectivity index (χ3v) is 4.48. The molecule has 8 heteroatoms. The van der Waals surface area contributed by atoms with Gasteiger partial charge in [0.25, 0.3) is 0 Å². The Morgan fingerprint density at radius 1 is 1.35 bits per heavy atom. The maximum Gasteiger partial charge on any atom is 0.335 e. The van der Waals surface area contributed by atoms with Crippen LogP contribution in [0.2, 0.25) is 5.02 Å². The van der Waals surface area contributed by atoms with Crippen molar-refractivity contribution in [3.63, 3.8) is 0 Å². The number of halogens is 1. The predicted octanol–water partition coefficient (Wildman–Crippen LogP) is 1.32. The van der Waals surface area contributed by atoms with Crippen LogP contribution in [0.15, 0.2) is 23.1 Å². The van der Waals surface area contributed by atoms with Gasteiger partial charge in [0.05, 0.1) is 10.6 Å². The fourth-order valence-electron chi connectivity index (χ4n) is 1.52. The highest BCUT2D eigenvalue weighted by Gasteiger charge is 2.19. The van der Waals surface area contributed by atoms with Crippen LogP contribution in [-0.2, 0) is 10.0 Å². The first-order valence-electron chi connectivity index (χ1n) is 6.11. The Balaban J connectivity index is 2.81. The van der Waals surface area contributed by atoms with Crippen molar-refractivity contribution >= 4 is 27.6 Å². The second-order valence-electron chi connectivity index (χ2n) is 4.06. The van der Waals surface area contributed by atoms with E-state index >= 15 is 0 Å². The van der Waals surface area contributed by atoms with E-state index < -0.39 is 16.0 Å². The Hall–Kier alpha value is -1.15. The van der Waals surface area contributed by atoms with Crippen molar-refractivity contribution in [3.8, 4) is 0 Å². The predicted molar refractivity (Wildman–Crippen MR) is 76.8 cm³/mol. The van der Waals surface area contributed by atoms with Gasteiger partial charge in [-0.1, -0.05) is 18.5 Å². The Morgan fingerprint density at radius 2 is 2.05 bits per heavy atom. The molecule has 0 aliphatic rings. The summed E-state index contributed by atoms with van der Waals surface area (Å²) >= 11 is 5.82. The molecule has 1 aromatic rings. The Kier molecular flexibility index (Phi) is 6.41. The third-order valence-electron chi connectivity index (χ3n) is 2.54. The zero-order chi connectivity index (χ0) is 15.2. The van der Waals surface area contributed by atoms with E-state index in [4.69, 9.17) is 16.7 Å². The van der Waals surface area contributed by atoms with Gasteiger partial charge in [-0.3, -0.25) is 0 Å². The van der Waals surface area contributed by atoms with Crippen LogP contribution in [0.4, 0.5) is 0 Å². The topological polar surface area (TPSA) is 95.5 Å². The number of rotatable bonds is 8. The van der Waals surface area contributed by atoms with E-state index in [1.807, 2.05) is 6.92 Å². The van der Waals surface area contributed by atoms with Crippen LogP contribution in [0.5, 0.6) is 0 Å². The van der Waals surface area contributed by atoms with Gasteiger partial charge in [0.2, 0.25) is 10.0 Å². The van der Waals surface area contributed by atoms with Gasteiger partial charge in [0.1, 0.15) is 4.90 Å². The van der Waals surface area contributed by atoms with Crippen LogP contribution in [0.1, 0.15) is 23.7 Å². The average Bonchev–Trinajstić information content (AvgIpc) is 2.38. The van der Waals surface area contributed by atoms with E-state index in [0.717, 1.165) is 12.6 Å². The molecule has 1 rings (SSSR count). The minimum absolute atomic E-state index is 0.00539. The highest BCUT2D eigenvalue weighted by molar-refractivity contribution is 7.89. The SMILES string of the molecule is CCNCCCNS(=O)(=O)c1cc(C(=O)O)ccc1Cl. The number of aromatic carboxylic acids is 1. The molecule has 0 amide bonds. The van der Waals surface area contributed by atoms with Gasteiger partial charge in [-0.05, 0) is 37.7 Å². The molecule has 112 valence electrons. The quantitative estimate of drug-likeness (QED) is 0.628. The molecule has 3 N–H and O–H groups in total. The highest BCUT2D eigenvalue weighted by Crippen LogP contribution is 2.22. The van der Waals surface area contributed by atoms with E-state index in [0.29, 0.717) is 13.0 Å². The molecular weight excluding hydrogens is 304 g/mol. The summed E-state index contributed by atoms with van der Waals surface area (Å²) < 4.78 is 26.5. The Labute approximate surface area is 123 Å². The van der Waals surface area contributed by atoms with E-state index in [2.05, 4.69) is 10.0 Å². The summed E-state index contributed by atoms with van der Waals surface area (Å²) in [5.41, 5.74) is -0.123. The zero-order valence-corrected chi connectivity index (χ0v) is 12.6. The highest BCUT2D eigenvalue weighted by atomic mass is 35.5. The van der Waals surface area contributed by atoms with Crippen molar-refractivity contribution in [1.29, 1.82) is 0 Å². The lowest BCUT2D eigenvalue weighted by atomic mass is 10.2. The molecule has 0 spiro atoms. The fraction of sp³-hybridized carbons (Fsp3) is 0.417. The molecule has 0 aliphatic carbocycles. The lowest BCUT2D eigenvalue weighted by Crippen LogP contribution is -2.27. The van der Waals surface area contributed by atoms with Crippen molar-refractivity contribution < 1.29 is 18.3 Å². The second kappa shape index (κ2) is 7.58. The molecule has 0 fully saturated rings. The van der Waals surface area contributed by atoms with Gasteiger partial charge in [-0.15, -0.1) is 0 Å². The first kappa shape index (κ1) is 16.9. The molecule has 20 heavy (non-hydrogen) atoms. The van der Waals surface area contributed by atoms with Crippen LogP contribution in [-0.4, -0.2) is 39.1 Å². The number of carbonyl (C=O) groups is 1. The Morgan fingerprint density at radius 3 is 2.65 bits per heavy atom. The summed E-state index contributed by atoms with van der Waals surface area (Å²) in [6, 6.07) is 3.57. The van der Waals surface area contributed by atoms with Crippen LogP contribution in [0.25, 0.3) is 0 Å². The van der Waals surface area contributed by atoms with E-state index in [9.17, 15) is 13.2 Å². The molecule has 0 radical (unpaired) electrons. The van der Waals surface area contributed by atoms with Crippen molar-refractivity contribution in [3.05, 3.63) is 28.8 Å². The number of benzene rings is 1. The van der Waals surface area contributed by atoms with Crippen molar-refractivity contribution in [2.24, 2.45) is 0 Å². The second-order valence-corrected chi connectivity index (χ2v) is 6.20. The molecule has 0 saturated carbocycles. The van der Waals surface area contributed by atoms with Crippen LogP contribution >= 0.6 is 11.6 Å². The average molecular weight is 321 g/mol. The van der Waals surface area contributed by atoms with Gasteiger partial charge in [0.15, 0.2) is 0 Å². The van der Waals surface area contributed by atoms with Crippen molar-refractivity contribution in [2.75, 3.05) is 19.6 Å².